The first-order valence-corrected chi connectivity index (χ1v) is 7.72. The zero-order chi connectivity index (χ0) is 15.5. The lowest BCUT2D eigenvalue weighted by Crippen LogP contribution is -2.25. The minimum absolute atomic E-state index is 0.102. The van der Waals surface area contributed by atoms with Gasteiger partial charge in [-0.05, 0) is 42.6 Å². The molecule has 0 spiro atoms. The lowest BCUT2D eigenvalue weighted by atomic mass is 10.1. The van der Waals surface area contributed by atoms with Gasteiger partial charge in [0.1, 0.15) is 11.6 Å². The Hall–Kier alpha value is -2.40. The fraction of sp³-hybridized carbons (Fsp3) is 0.118. The third kappa shape index (κ3) is 2.94. The first-order chi connectivity index (χ1) is 10.6. The Morgan fingerprint density at radius 2 is 2.00 bits per heavy atom. The molecule has 0 aliphatic heterocycles. The van der Waals surface area contributed by atoms with E-state index < -0.39 is 0 Å². The van der Waals surface area contributed by atoms with Gasteiger partial charge >= 0.3 is 0 Å². The van der Waals surface area contributed by atoms with E-state index in [9.17, 15) is 9.18 Å². The Morgan fingerprint density at radius 1 is 1.18 bits per heavy atom. The molecule has 22 heavy (non-hydrogen) atoms. The Labute approximate surface area is 131 Å². The van der Waals surface area contributed by atoms with Crippen LogP contribution < -0.4 is 5.32 Å². The van der Waals surface area contributed by atoms with Crippen LogP contribution in [0.15, 0.2) is 58.3 Å². The molecule has 0 radical (unpaired) electrons. The van der Waals surface area contributed by atoms with Crippen molar-refractivity contribution in [3.05, 3.63) is 70.4 Å². The van der Waals surface area contributed by atoms with Crippen molar-refractivity contribution in [2.75, 3.05) is 0 Å². The molecule has 1 aromatic carbocycles. The van der Waals surface area contributed by atoms with Crippen molar-refractivity contribution in [1.82, 2.24) is 5.32 Å². The van der Waals surface area contributed by atoms with Crippen molar-refractivity contribution >= 4 is 17.2 Å². The summed E-state index contributed by atoms with van der Waals surface area (Å²) in [5.74, 6) is -0.187. The maximum atomic E-state index is 13.7. The summed E-state index contributed by atoms with van der Waals surface area (Å²) in [5.41, 5.74) is 0.341. The van der Waals surface area contributed by atoms with Gasteiger partial charge in [0, 0.05) is 4.88 Å². The van der Waals surface area contributed by atoms with Crippen LogP contribution in [0.5, 0.6) is 0 Å². The highest BCUT2D eigenvalue weighted by atomic mass is 32.1. The fourth-order valence-corrected chi connectivity index (χ4v) is 2.88. The third-order valence-electron chi connectivity index (χ3n) is 3.29. The van der Waals surface area contributed by atoms with Crippen molar-refractivity contribution < 1.29 is 13.6 Å². The van der Waals surface area contributed by atoms with Gasteiger partial charge in [-0.15, -0.1) is 11.3 Å². The highest BCUT2D eigenvalue weighted by molar-refractivity contribution is 7.10. The standard InChI is InChI=1S/C17H14FNO2S/c1-11(16-7-4-10-22-16)19-17(20)15-9-8-14(21-15)12-5-2-3-6-13(12)18/h2-11H,1H3,(H,19,20). The second-order valence-corrected chi connectivity index (χ2v) is 5.83. The zero-order valence-electron chi connectivity index (χ0n) is 11.9. The molecule has 1 unspecified atom stereocenters. The van der Waals surface area contributed by atoms with E-state index in [2.05, 4.69) is 5.32 Å². The third-order valence-corrected chi connectivity index (χ3v) is 4.34. The van der Waals surface area contributed by atoms with Crippen LogP contribution in [0.25, 0.3) is 11.3 Å². The first kappa shape index (κ1) is 14.5. The highest BCUT2D eigenvalue weighted by Crippen LogP contribution is 2.25. The molecule has 3 nitrogen and oxygen atoms in total. The summed E-state index contributed by atoms with van der Waals surface area (Å²) in [6.07, 6.45) is 0. The summed E-state index contributed by atoms with van der Waals surface area (Å²) in [7, 11) is 0. The van der Waals surface area contributed by atoms with Crippen molar-refractivity contribution in [1.29, 1.82) is 0 Å². The van der Waals surface area contributed by atoms with E-state index in [-0.39, 0.29) is 23.5 Å². The van der Waals surface area contributed by atoms with Crippen LogP contribution >= 0.6 is 11.3 Å². The number of rotatable bonds is 4. The van der Waals surface area contributed by atoms with E-state index in [1.807, 2.05) is 24.4 Å². The molecule has 3 rings (SSSR count). The van der Waals surface area contributed by atoms with Crippen molar-refractivity contribution in [3.63, 3.8) is 0 Å². The Morgan fingerprint density at radius 3 is 2.73 bits per heavy atom. The van der Waals surface area contributed by atoms with Gasteiger partial charge in [0.05, 0.1) is 11.6 Å². The minimum Gasteiger partial charge on any atom is -0.451 e. The molecular weight excluding hydrogens is 301 g/mol. The van der Waals surface area contributed by atoms with Gasteiger partial charge in [0.2, 0.25) is 0 Å². The molecule has 2 heterocycles. The summed E-state index contributed by atoms with van der Waals surface area (Å²) in [6.45, 7) is 1.91. The van der Waals surface area contributed by atoms with E-state index in [0.717, 1.165) is 4.88 Å². The number of hydrogen-bond acceptors (Lipinski definition) is 3. The van der Waals surface area contributed by atoms with E-state index in [1.54, 1.807) is 41.7 Å². The molecule has 0 aliphatic rings. The predicted molar refractivity (Wildman–Crippen MR) is 84.3 cm³/mol. The number of halogens is 1. The molecule has 0 aliphatic carbocycles. The van der Waals surface area contributed by atoms with Crippen LogP contribution in [0.1, 0.15) is 28.4 Å². The quantitative estimate of drug-likeness (QED) is 0.762. The average molecular weight is 315 g/mol. The topological polar surface area (TPSA) is 42.2 Å². The molecule has 0 fully saturated rings. The number of nitrogens with one attached hydrogen (secondary N) is 1. The maximum Gasteiger partial charge on any atom is 0.287 e. The zero-order valence-corrected chi connectivity index (χ0v) is 12.7. The molecule has 1 amide bonds. The number of thiophene rings is 1. The second-order valence-electron chi connectivity index (χ2n) is 4.85. The Balaban J connectivity index is 1.76. The van der Waals surface area contributed by atoms with Gasteiger partial charge in [0.15, 0.2) is 5.76 Å². The Kier molecular flexibility index (Phi) is 4.06. The molecular formula is C17H14FNO2S. The first-order valence-electron chi connectivity index (χ1n) is 6.84. The van der Waals surface area contributed by atoms with Crippen LogP contribution in [-0.2, 0) is 0 Å². The van der Waals surface area contributed by atoms with E-state index in [1.165, 1.54) is 6.07 Å². The normalized spacial score (nSPS) is 12.1. The number of hydrogen-bond donors (Lipinski definition) is 1. The number of benzene rings is 1. The molecule has 5 heteroatoms. The lowest BCUT2D eigenvalue weighted by Gasteiger charge is -2.10. The van der Waals surface area contributed by atoms with Gasteiger partial charge in [0.25, 0.3) is 5.91 Å². The molecule has 1 atom stereocenters. The van der Waals surface area contributed by atoms with Gasteiger partial charge in [-0.3, -0.25) is 4.79 Å². The fourth-order valence-electron chi connectivity index (χ4n) is 2.14. The summed E-state index contributed by atoms with van der Waals surface area (Å²) >= 11 is 1.58. The molecule has 1 N–H and O–H groups in total. The molecule has 0 saturated carbocycles. The second kappa shape index (κ2) is 6.15. The van der Waals surface area contributed by atoms with Gasteiger partial charge in [-0.1, -0.05) is 18.2 Å². The molecule has 112 valence electrons. The number of furan rings is 1. The molecule has 0 saturated heterocycles. The molecule has 0 bridgehead atoms. The highest BCUT2D eigenvalue weighted by Gasteiger charge is 2.17. The largest absolute Gasteiger partial charge is 0.451 e. The monoisotopic (exact) mass is 315 g/mol. The van der Waals surface area contributed by atoms with Gasteiger partial charge in [-0.2, -0.15) is 0 Å². The van der Waals surface area contributed by atoms with Crippen LogP contribution in [0.3, 0.4) is 0 Å². The summed E-state index contributed by atoms with van der Waals surface area (Å²) in [6, 6.07) is 13.3. The van der Waals surface area contributed by atoms with E-state index in [4.69, 9.17) is 4.42 Å². The minimum atomic E-state index is -0.379. The number of carbonyl (C=O) groups is 1. The van der Waals surface area contributed by atoms with E-state index in [0.29, 0.717) is 11.3 Å². The van der Waals surface area contributed by atoms with Crippen molar-refractivity contribution in [2.24, 2.45) is 0 Å². The SMILES string of the molecule is CC(NC(=O)c1ccc(-c2ccccc2F)o1)c1cccs1. The van der Waals surface area contributed by atoms with Crippen LogP contribution in [0.4, 0.5) is 4.39 Å². The summed E-state index contributed by atoms with van der Waals surface area (Å²) in [5, 5.41) is 4.82. The van der Waals surface area contributed by atoms with E-state index >= 15 is 0 Å². The smallest absolute Gasteiger partial charge is 0.287 e. The van der Waals surface area contributed by atoms with Crippen molar-refractivity contribution in [2.45, 2.75) is 13.0 Å². The maximum absolute atomic E-state index is 13.7. The van der Waals surface area contributed by atoms with Crippen molar-refractivity contribution in [3.8, 4) is 11.3 Å². The number of carbonyl (C=O) groups excluding carboxylic acids is 1. The average Bonchev–Trinajstić information content (AvgIpc) is 3.19. The summed E-state index contributed by atoms with van der Waals surface area (Å²) in [4.78, 5) is 13.2. The molecule has 2 aromatic heterocycles. The van der Waals surface area contributed by atoms with Crippen LogP contribution in [0, 0.1) is 5.82 Å². The van der Waals surface area contributed by atoms with Crippen LogP contribution in [-0.4, -0.2) is 5.91 Å². The van der Waals surface area contributed by atoms with Gasteiger partial charge in [-0.25, -0.2) is 4.39 Å². The van der Waals surface area contributed by atoms with Crippen LogP contribution in [0.2, 0.25) is 0 Å². The number of amides is 1. The lowest BCUT2D eigenvalue weighted by molar-refractivity contribution is 0.0913. The molecule has 3 aromatic rings. The Bertz CT molecular complexity index is 780. The van der Waals surface area contributed by atoms with Gasteiger partial charge < -0.3 is 9.73 Å². The summed E-state index contributed by atoms with van der Waals surface area (Å²) < 4.78 is 19.2. The predicted octanol–water partition coefficient (Wildman–Crippen LogP) is 4.64.